The fraction of sp³-hybridized carbons (Fsp3) is 0.429. The maximum absolute atomic E-state index is 12.9. The van der Waals surface area contributed by atoms with Crippen LogP contribution in [-0.2, 0) is 6.18 Å². The first-order chi connectivity index (χ1) is 8.32. The van der Waals surface area contributed by atoms with Gasteiger partial charge in [0.05, 0.1) is 11.1 Å². The minimum absolute atomic E-state index is 0.188. The van der Waals surface area contributed by atoms with Crippen LogP contribution in [0, 0.1) is 5.92 Å². The van der Waals surface area contributed by atoms with Gasteiger partial charge in [0, 0.05) is 11.6 Å². The standard InChI is InChI=1S/C14H16F3N/c1-8(2)9(3)11-7-18-13-10(11)5-4-6-12(13)14(15,16)17/h4-9,18H,1-3H3. The minimum atomic E-state index is -4.32. The Morgan fingerprint density at radius 3 is 2.33 bits per heavy atom. The maximum Gasteiger partial charge on any atom is 0.418 e. The predicted molar refractivity (Wildman–Crippen MR) is 66.6 cm³/mol. The smallest absolute Gasteiger partial charge is 0.360 e. The Labute approximate surface area is 104 Å². The van der Waals surface area contributed by atoms with Crippen LogP contribution >= 0.6 is 0 Å². The third kappa shape index (κ3) is 2.11. The minimum Gasteiger partial charge on any atom is -0.360 e. The molecule has 0 bridgehead atoms. The number of H-pyrrole nitrogens is 1. The van der Waals surface area contributed by atoms with E-state index in [0.29, 0.717) is 11.3 Å². The van der Waals surface area contributed by atoms with E-state index in [1.165, 1.54) is 6.07 Å². The number of para-hydroxylation sites is 1. The van der Waals surface area contributed by atoms with Gasteiger partial charge < -0.3 is 4.98 Å². The summed E-state index contributed by atoms with van der Waals surface area (Å²) in [6.45, 7) is 6.17. The average molecular weight is 255 g/mol. The Kier molecular flexibility index (Phi) is 3.13. The number of rotatable bonds is 2. The van der Waals surface area contributed by atoms with Crippen molar-refractivity contribution in [1.29, 1.82) is 0 Å². The lowest BCUT2D eigenvalue weighted by Crippen LogP contribution is -2.05. The van der Waals surface area contributed by atoms with E-state index in [2.05, 4.69) is 18.8 Å². The van der Waals surface area contributed by atoms with Gasteiger partial charge in [0.15, 0.2) is 0 Å². The van der Waals surface area contributed by atoms with Gasteiger partial charge in [0.25, 0.3) is 0 Å². The fourth-order valence-corrected chi connectivity index (χ4v) is 2.15. The van der Waals surface area contributed by atoms with E-state index in [1.54, 1.807) is 12.3 Å². The van der Waals surface area contributed by atoms with Crippen molar-refractivity contribution in [2.45, 2.75) is 32.9 Å². The maximum atomic E-state index is 12.9. The highest BCUT2D eigenvalue weighted by Gasteiger charge is 2.33. The number of aromatic amines is 1. The van der Waals surface area contributed by atoms with Crippen LogP contribution in [0.15, 0.2) is 24.4 Å². The number of benzene rings is 1. The number of halogens is 3. The van der Waals surface area contributed by atoms with Crippen molar-refractivity contribution in [3.63, 3.8) is 0 Å². The molecule has 0 aliphatic rings. The van der Waals surface area contributed by atoms with Gasteiger partial charge in [-0.15, -0.1) is 0 Å². The summed E-state index contributed by atoms with van der Waals surface area (Å²) in [5, 5.41) is 0.672. The van der Waals surface area contributed by atoms with Gasteiger partial charge in [-0.25, -0.2) is 0 Å². The Bertz CT molecular complexity index is 552. The summed E-state index contributed by atoms with van der Waals surface area (Å²) in [4.78, 5) is 2.78. The molecule has 0 spiro atoms. The normalized spacial score (nSPS) is 14.4. The van der Waals surface area contributed by atoms with Crippen molar-refractivity contribution in [3.8, 4) is 0 Å². The third-order valence-electron chi connectivity index (χ3n) is 3.54. The topological polar surface area (TPSA) is 15.8 Å². The molecule has 0 radical (unpaired) electrons. The summed E-state index contributed by atoms with van der Waals surface area (Å²) in [6.07, 6.45) is -2.62. The predicted octanol–water partition coefficient (Wildman–Crippen LogP) is 4.95. The van der Waals surface area contributed by atoms with Gasteiger partial charge in [-0.1, -0.05) is 32.9 Å². The molecule has 0 fully saturated rings. The highest BCUT2D eigenvalue weighted by atomic mass is 19.4. The van der Waals surface area contributed by atoms with Gasteiger partial charge in [0.2, 0.25) is 0 Å². The molecular formula is C14H16F3N. The molecule has 0 saturated heterocycles. The quantitative estimate of drug-likeness (QED) is 0.781. The summed E-state index contributed by atoms with van der Waals surface area (Å²) >= 11 is 0. The molecule has 98 valence electrons. The summed E-state index contributed by atoms with van der Waals surface area (Å²) in [5.74, 6) is 0.612. The number of aromatic nitrogens is 1. The van der Waals surface area contributed by atoms with E-state index in [1.807, 2.05) is 6.92 Å². The molecule has 1 N–H and O–H groups in total. The number of hydrogen-bond donors (Lipinski definition) is 1. The van der Waals surface area contributed by atoms with Crippen LogP contribution in [0.3, 0.4) is 0 Å². The zero-order chi connectivity index (χ0) is 13.5. The molecule has 1 atom stereocenters. The Hall–Kier alpha value is -1.45. The molecule has 1 unspecified atom stereocenters. The Balaban J connectivity index is 2.63. The van der Waals surface area contributed by atoms with Gasteiger partial charge in [-0.2, -0.15) is 13.2 Å². The summed E-state index contributed by atoms with van der Waals surface area (Å²) in [6, 6.07) is 4.33. The van der Waals surface area contributed by atoms with E-state index in [9.17, 15) is 13.2 Å². The molecule has 1 aromatic carbocycles. The lowest BCUT2D eigenvalue weighted by molar-refractivity contribution is -0.136. The van der Waals surface area contributed by atoms with Gasteiger partial charge >= 0.3 is 6.18 Å². The zero-order valence-electron chi connectivity index (χ0n) is 10.6. The van der Waals surface area contributed by atoms with E-state index < -0.39 is 11.7 Å². The molecule has 1 aromatic heterocycles. The summed E-state index contributed by atoms with van der Waals surface area (Å²) in [5.41, 5.74) is 0.542. The molecular weight excluding hydrogens is 239 g/mol. The number of fused-ring (bicyclic) bond motifs is 1. The average Bonchev–Trinajstić information content (AvgIpc) is 2.69. The second kappa shape index (κ2) is 4.34. The molecule has 4 heteroatoms. The monoisotopic (exact) mass is 255 g/mol. The van der Waals surface area contributed by atoms with Gasteiger partial charge in [-0.05, 0) is 23.5 Å². The van der Waals surface area contributed by atoms with Crippen LogP contribution in [-0.4, -0.2) is 4.98 Å². The summed E-state index contributed by atoms with van der Waals surface area (Å²) < 4.78 is 38.6. The van der Waals surface area contributed by atoms with Crippen LogP contribution in [0.4, 0.5) is 13.2 Å². The molecule has 18 heavy (non-hydrogen) atoms. The molecule has 1 heterocycles. The SMILES string of the molecule is CC(C)C(C)c1c[nH]c2c(C(F)(F)F)cccc12. The summed E-state index contributed by atoms with van der Waals surface area (Å²) in [7, 11) is 0. The van der Waals surface area contributed by atoms with E-state index in [4.69, 9.17) is 0 Å². The van der Waals surface area contributed by atoms with Crippen LogP contribution in [0.25, 0.3) is 10.9 Å². The molecule has 0 amide bonds. The van der Waals surface area contributed by atoms with Crippen molar-refractivity contribution < 1.29 is 13.2 Å². The van der Waals surface area contributed by atoms with Gasteiger partial charge in [0.1, 0.15) is 0 Å². The molecule has 0 saturated carbocycles. The third-order valence-corrected chi connectivity index (χ3v) is 3.54. The molecule has 1 nitrogen and oxygen atoms in total. The second-order valence-corrected chi connectivity index (χ2v) is 5.00. The highest BCUT2D eigenvalue weighted by molar-refractivity contribution is 5.87. The van der Waals surface area contributed by atoms with Crippen LogP contribution < -0.4 is 0 Å². The van der Waals surface area contributed by atoms with E-state index in [-0.39, 0.29) is 11.4 Å². The lowest BCUT2D eigenvalue weighted by Gasteiger charge is -2.15. The zero-order valence-corrected chi connectivity index (χ0v) is 10.6. The van der Waals surface area contributed by atoms with Gasteiger partial charge in [-0.3, -0.25) is 0 Å². The van der Waals surface area contributed by atoms with Crippen molar-refractivity contribution in [3.05, 3.63) is 35.5 Å². The van der Waals surface area contributed by atoms with Crippen LogP contribution in [0.2, 0.25) is 0 Å². The van der Waals surface area contributed by atoms with Crippen LogP contribution in [0.5, 0.6) is 0 Å². The first-order valence-corrected chi connectivity index (χ1v) is 5.99. The Morgan fingerprint density at radius 1 is 1.11 bits per heavy atom. The first-order valence-electron chi connectivity index (χ1n) is 5.99. The Morgan fingerprint density at radius 2 is 1.78 bits per heavy atom. The molecule has 0 aliphatic heterocycles. The fourth-order valence-electron chi connectivity index (χ4n) is 2.15. The largest absolute Gasteiger partial charge is 0.418 e. The van der Waals surface area contributed by atoms with E-state index in [0.717, 1.165) is 11.6 Å². The van der Waals surface area contributed by atoms with Crippen molar-refractivity contribution >= 4 is 10.9 Å². The number of hydrogen-bond acceptors (Lipinski definition) is 0. The molecule has 2 rings (SSSR count). The van der Waals surface area contributed by atoms with Crippen molar-refractivity contribution in [1.82, 2.24) is 4.98 Å². The molecule has 2 aromatic rings. The highest BCUT2D eigenvalue weighted by Crippen LogP contribution is 2.37. The number of nitrogens with one attached hydrogen (secondary N) is 1. The first kappa shape index (κ1) is 13.0. The van der Waals surface area contributed by atoms with E-state index >= 15 is 0 Å². The van der Waals surface area contributed by atoms with Crippen LogP contribution in [0.1, 0.15) is 37.8 Å². The second-order valence-electron chi connectivity index (χ2n) is 5.00. The van der Waals surface area contributed by atoms with Crippen molar-refractivity contribution in [2.75, 3.05) is 0 Å². The lowest BCUT2D eigenvalue weighted by atomic mass is 9.90. The van der Waals surface area contributed by atoms with Crippen molar-refractivity contribution in [2.24, 2.45) is 5.92 Å². The number of alkyl halides is 3. The molecule has 0 aliphatic carbocycles.